The largest absolute Gasteiger partial charge is 0.374 e. The highest BCUT2D eigenvalue weighted by Crippen LogP contribution is 2.32. The standard InChI is InChI=1S/C10H19NO/c1-11-7-4-6-10(9-11)5-2-3-8-12-10/h2-9H2,1H3. The van der Waals surface area contributed by atoms with Gasteiger partial charge in [0.2, 0.25) is 0 Å². The van der Waals surface area contributed by atoms with Gasteiger partial charge in [0.25, 0.3) is 0 Å². The minimum Gasteiger partial charge on any atom is -0.374 e. The second-order valence-electron chi connectivity index (χ2n) is 4.33. The number of rotatable bonds is 0. The van der Waals surface area contributed by atoms with Gasteiger partial charge in [-0.05, 0) is 45.7 Å². The maximum absolute atomic E-state index is 5.94. The smallest absolute Gasteiger partial charge is 0.0809 e. The fourth-order valence-electron chi connectivity index (χ4n) is 2.55. The fourth-order valence-corrected chi connectivity index (χ4v) is 2.55. The Kier molecular flexibility index (Phi) is 2.37. The fraction of sp³-hybridized carbons (Fsp3) is 1.00. The lowest BCUT2D eigenvalue weighted by Crippen LogP contribution is -2.49. The average Bonchev–Trinajstić information content (AvgIpc) is 2.05. The Morgan fingerprint density at radius 2 is 2.00 bits per heavy atom. The molecule has 70 valence electrons. The van der Waals surface area contributed by atoms with Crippen LogP contribution in [0.15, 0.2) is 0 Å². The van der Waals surface area contributed by atoms with E-state index >= 15 is 0 Å². The molecule has 0 aliphatic carbocycles. The summed E-state index contributed by atoms with van der Waals surface area (Å²) in [5, 5.41) is 0. The molecule has 0 aromatic carbocycles. The molecule has 2 aliphatic rings. The summed E-state index contributed by atoms with van der Waals surface area (Å²) in [6.45, 7) is 3.41. The molecule has 2 saturated heterocycles. The third-order valence-corrected chi connectivity index (χ3v) is 3.17. The topological polar surface area (TPSA) is 12.5 Å². The summed E-state index contributed by atoms with van der Waals surface area (Å²) in [5.41, 5.74) is 0.255. The maximum Gasteiger partial charge on any atom is 0.0809 e. The predicted molar refractivity (Wildman–Crippen MR) is 49.3 cm³/mol. The molecular formula is C10H19NO. The molecule has 2 rings (SSSR count). The predicted octanol–water partition coefficient (Wildman–Crippen LogP) is 1.65. The number of likely N-dealkylation sites (N-methyl/N-ethyl adjacent to an activating group) is 1. The van der Waals surface area contributed by atoms with E-state index in [1.807, 2.05) is 0 Å². The molecule has 2 heteroatoms. The first-order chi connectivity index (χ1) is 5.81. The normalized spacial score (nSPS) is 38.8. The Morgan fingerprint density at radius 1 is 1.17 bits per heavy atom. The molecule has 2 fully saturated rings. The molecule has 0 aromatic rings. The zero-order chi connectivity index (χ0) is 8.44. The van der Waals surface area contributed by atoms with Crippen molar-refractivity contribution >= 4 is 0 Å². The molecular weight excluding hydrogens is 150 g/mol. The van der Waals surface area contributed by atoms with Crippen molar-refractivity contribution in [1.29, 1.82) is 0 Å². The second-order valence-corrected chi connectivity index (χ2v) is 4.33. The summed E-state index contributed by atoms with van der Waals surface area (Å²) in [6.07, 6.45) is 6.53. The van der Waals surface area contributed by atoms with Gasteiger partial charge in [-0.2, -0.15) is 0 Å². The molecule has 1 spiro atoms. The number of hydrogen-bond donors (Lipinski definition) is 0. The van der Waals surface area contributed by atoms with Gasteiger partial charge in [0.1, 0.15) is 0 Å². The van der Waals surface area contributed by atoms with Gasteiger partial charge in [-0.1, -0.05) is 0 Å². The Labute approximate surface area is 74.9 Å². The van der Waals surface area contributed by atoms with Crippen LogP contribution in [0.5, 0.6) is 0 Å². The molecule has 12 heavy (non-hydrogen) atoms. The minimum absolute atomic E-state index is 0.255. The van der Waals surface area contributed by atoms with Gasteiger partial charge in [0.05, 0.1) is 5.60 Å². The third-order valence-electron chi connectivity index (χ3n) is 3.17. The lowest BCUT2D eigenvalue weighted by molar-refractivity contribution is -0.112. The van der Waals surface area contributed by atoms with E-state index in [-0.39, 0.29) is 5.60 Å². The first-order valence-corrected chi connectivity index (χ1v) is 5.13. The number of likely N-dealkylation sites (tertiary alicyclic amines) is 1. The molecule has 1 unspecified atom stereocenters. The van der Waals surface area contributed by atoms with E-state index in [0.29, 0.717) is 0 Å². The van der Waals surface area contributed by atoms with Gasteiger partial charge >= 0.3 is 0 Å². The van der Waals surface area contributed by atoms with Crippen LogP contribution in [0, 0.1) is 0 Å². The molecule has 0 amide bonds. The van der Waals surface area contributed by atoms with Gasteiger partial charge in [-0.3, -0.25) is 0 Å². The van der Waals surface area contributed by atoms with Crippen LogP contribution in [0.3, 0.4) is 0 Å². The SMILES string of the molecule is CN1CCCC2(CCCCO2)C1. The van der Waals surface area contributed by atoms with E-state index in [2.05, 4.69) is 11.9 Å². The molecule has 0 bridgehead atoms. The third kappa shape index (κ3) is 1.64. The van der Waals surface area contributed by atoms with E-state index in [1.165, 1.54) is 38.6 Å². The van der Waals surface area contributed by atoms with Gasteiger partial charge < -0.3 is 9.64 Å². The van der Waals surface area contributed by atoms with Gasteiger partial charge in [0, 0.05) is 13.2 Å². The summed E-state index contributed by atoms with van der Waals surface area (Å²) in [7, 11) is 2.21. The van der Waals surface area contributed by atoms with Gasteiger partial charge in [-0.15, -0.1) is 0 Å². The van der Waals surface area contributed by atoms with E-state index < -0.39 is 0 Å². The molecule has 0 aromatic heterocycles. The second kappa shape index (κ2) is 3.35. The first-order valence-electron chi connectivity index (χ1n) is 5.13. The number of nitrogens with zero attached hydrogens (tertiary/aromatic N) is 1. The van der Waals surface area contributed by atoms with Crippen LogP contribution in [0.1, 0.15) is 32.1 Å². The van der Waals surface area contributed by atoms with Crippen LogP contribution in [-0.4, -0.2) is 37.2 Å². The van der Waals surface area contributed by atoms with Crippen LogP contribution < -0.4 is 0 Å². The monoisotopic (exact) mass is 169 g/mol. The highest BCUT2D eigenvalue weighted by molar-refractivity contribution is 4.89. The minimum atomic E-state index is 0.255. The van der Waals surface area contributed by atoms with Gasteiger partial charge in [0.15, 0.2) is 0 Å². The summed E-state index contributed by atoms with van der Waals surface area (Å²) in [6, 6.07) is 0. The Balaban J connectivity index is 1.97. The number of ether oxygens (including phenoxy) is 1. The molecule has 0 N–H and O–H groups in total. The Bertz CT molecular complexity index is 146. The van der Waals surface area contributed by atoms with E-state index in [4.69, 9.17) is 4.74 Å². The van der Waals surface area contributed by atoms with Crippen LogP contribution in [0.4, 0.5) is 0 Å². The zero-order valence-corrected chi connectivity index (χ0v) is 8.01. The average molecular weight is 169 g/mol. The van der Waals surface area contributed by atoms with Crippen LogP contribution >= 0.6 is 0 Å². The Morgan fingerprint density at radius 3 is 2.67 bits per heavy atom. The van der Waals surface area contributed by atoms with Crippen molar-refractivity contribution in [3.63, 3.8) is 0 Å². The highest BCUT2D eigenvalue weighted by Gasteiger charge is 2.36. The number of piperidine rings is 1. The quantitative estimate of drug-likeness (QED) is 0.546. The lowest BCUT2D eigenvalue weighted by atomic mass is 9.86. The number of hydrogen-bond acceptors (Lipinski definition) is 2. The van der Waals surface area contributed by atoms with Crippen molar-refractivity contribution in [2.24, 2.45) is 0 Å². The van der Waals surface area contributed by atoms with Crippen molar-refractivity contribution in [3.8, 4) is 0 Å². The van der Waals surface area contributed by atoms with E-state index in [0.717, 1.165) is 13.2 Å². The van der Waals surface area contributed by atoms with Crippen molar-refractivity contribution in [1.82, 2.24) is 4.90 Å². The highest BCUT2D eigenvalue weighted by atomic mass is 16.5. The summed E-state index contributed by atoms with van der Waals surface area (Å²) < 4.78 is 5.94. The first kappa shape index (κ1) is 8.52. The van der Waals surface area contributed by atoms with E-state index in [1.54, 1.807) is 0 Å². The molecule has 0 radical (unpaired) electrons. The molecule has 2 aliphatic heterocycles. The molecule has 2 heterocycles. The lowest BCUT2D eigenvalue weighted by Gasteiger charge is -2.43. The van der Waals surface area contributed by atoms with Crippen LogP contribution in [-0.2, 0) is 4.74 Å². The maximum atomic E-state index is 5.94. The molecule has 2 nitrogen and oxygen atoms in total. The van der Waals surface area contributed by atoms with Gasteiger partial charge in [-0.25, -0.2) is 0 Å². The van der Waals surface area contributed by atoms with Crippen LogP contribution in [0.25, 0.3) is 0 Å². The molecule has 0 saturated carbocycles. The van der Waals surface area contributed by atoms with E-state index in [9.17, 15) is 0 Å². The summed E-state index contributed by atoms with van der Waals surface area (Å²) >= 11 is 0. The van der Waals surface area contributed by atoms with Crippen molar-refractivity contribution < 1.29 is 4.74 Å². The summed E-state index contributed by atoms with van der Waals surface area (Å²) in [4.78, 5) is 2.41. The molecule has 1 atom stereocenters. The van der Waals surface area contributed by atoms with Crippen LogP contribution in [0.2, 0.25) is 0 Å². The summed E-state index contributed by atoms with van der Waals surface area (Å²) in [5.74, 6) is 0. The van der Waals surface area contributed by atoms with Crippen molar-refractivity contribution in [3.05, 3.63) is 0 Å². The van der Waals surface area contributed by atoms with Crippen molar-refractivity contribution in [2.75, 3.05) is 26.7 Å². The Hall–Kier alpha value is -0.0800. The zero-order valence-electron chi connectivity index (χ0n) is 8.01. The van der Waals surface area contributed by atoms with Crippen molar-refractivity contribution in [2.45, 2.75) is 37.7 Å².